The third-order valence-electron chi connectivity index (χ3n) is 5.67. The van der Waals surface area contributed by atoms with Crippen molar-refractivity contribution in [3.63, 3.8) is 0 Å². The van der Waals surface area contributed by atoms with E-state index in [9.17, 15) is 4.79 Å². The maximum absolute atomic E-state index is 12.7. The van der Waals surface area contributed by atoms with Crippen molar-refractivity contribution in [1.29, 1.82) is 0 Å². The minimum Gasteiger partial charge on any atom is -0.342 e. The summed E-state index contributed by atoms with van der Waals surface area (Å²) in [6.07, 6.45) is 12.1. The highest BCUT2D eigenvalue weighted by Gasteiger charge is 2.28. The Kier molecular flexibility index (Phi) is 5.14. The number of hydrogen-bond acceptors (Lipinski definition) is 3. The number of aromatic nitrogens is 3. The monoisotopic (exact) mass is 350 g/mol. The average Bonchev–Trinajstić information content (AvgIpc) is 3.17. The second-order valence-corrected chi connectivity index (χ2v) is 7.41. The van der Waals surface area contributed by atoms with E-state index in [-0.39, 0.29) is 5.92 Å². The third-order valence-corrected chi connectivity index (χ3v) is 5.67. The van der Waals surface area contributed by atoms with Gasteiger partial charge in [0.2, 0.25) is 5.91 Å². The van der Waals surface area contributed by atoms with E-state index in [2.05, 4.69) is 43.9 Å². The van der Waals surface area contributed by atoms with Gasteiger partial charge in [0, 0.05) is 31.1 Å². The number of allylic oxidation sites excluding steroid dienone is 2. The van der Waals surface area contributed by atoms with Crippen LogP contribution in [0.25, 0.3) is 5.69 Å². The quantitative estimate of drug-likeness (QED) is 0.794. The van der Waals surface area contributed by atoms with E-state index in [4.69, 9.17) is 0 Å². The van der Waals surface area contributed by atoms with E-state index < -0.39 is 0 Å². The van der Waals surface area contributed by atoms with Gasteiger partial charge in [-0.15, -0.1) is 10.2 Å². The topological polar surface area (TPSA) is 51.0 Å². The van der Waals surface area contributed by atoms with E-state index in [0.29, 0.717) is 11.8 Å². The van der Waals surface area contributed by atoms with Crippen LogP contribution >= 0.6 is 0 Å². The molecule has 5 nitrogen and oxygen atoms in total. The molecule has 1 aliphatic carbocycles. The Bertz CT molecular complexity index is 759. The van der Waals surface area contributed by atoms with Crippen LogP contribution < -0.4 is 0 Å². The molecule has 0 bridgehead atoms. The highest BCUT2D eigenvalue weighted by atomic mass is 16.2. The second kappa shape index (κ2) is 7.85. The lowest BCUT2D eigenvalue weighted by Gasteiger charge is -2.34. The maximum atomic E-state index is 12.7. The van der Waals surface area contributed by atoms with E-state index in [1.807, 2.05) is 18.2 Å². The Balaban J connectivity index is 1.34. The fraction of sp³-hybridized carbons (Fsp3) is 0.476. The average molecular weight is 350 g/mol. The molecule has 1 aromatic heterocycles. The molecule has 2 aromatic rings. The smallest absolute Gasteiger partial charge is 0.226 e. The van der Waals surface area contributed by atoms with Crippen molar-refractivity contribution >= 4 is 5.91 Å². The minimum atomic E-state index is 0.206. The molecule has 136 valence electrons. The number of amides is 1. The zero-order chi connectivity index (χ0) is 17.8. The van der Waals surface area contributed by atoms with Gasteiger partial charge in [0.1, 0.15) is 12.2 Å². The zero-order valence-electron chi connectivity index (χ0n) is 15.1. The van der Waals surface area contributed by atoms with Gasteiger partial charge in [0.15, 0.2) is 0 Å². The van der Waals surface area contributed by atoms with Crippen LogP contribution in [0.5, 0.6) is 0 Å². The van der Waals surface area contributed by atoms with Gasteiger partial charge < -0.3 is 4.90 Å². The lowest BCUT2D eigenvalue weighted by Crippen LogP contribution is -2.42. The number of carbonyl (C=O) groups is 1. The molecule has 1 unspecified atom stereocenters. The van der Waals surface area contributed by atoms with E-state index in [0.717, 1.165) is 63.1 Å². The first-order valence-electron chi connectivity index (χ1n) is 9.69. The number of para-hydroxylation sites is 1. The SMILES string of the molecule is O=C(C1CC=CCC1)N1CCC(Cc2nncn2-c2ccccc2)CC1. The van der Waals surface area contributed by atoms with Crippen molar-refractivity contribution < 1.29 is 4.79 Å². The number of hydrogen-bond donors (Lipinski definition) is 0. The molecule has 26 heavy (non-hydrogen) atoms. The molecule has 1 atom stereocenters. The van der Waals surface area contributed by atoms with Gasteiger partial charge in [-0.25, -0.2) is 0 Å². The summed E-state index contributed by atoms with van der Waals surface area (Å²) in [6.45, 7) is 1.76. The molecule has 0 radical (unpaired) electrons. The molecule has 1 amide bonds. The molecule has 5 heteroatoms. The summed E-state index contributed by atoms with van der Waals surface area (Å²) in [5, 5.41) is 8.45. The summed E-state index contributed by atoms with van der Waals surface area (Å²) >= 11 is 0. The number of rotatable bonds is 4. The number of piperidine rings is 1. The highest BCUT2D eigenvalue weighted by Crippen LogP contribution is 2.26. The van der Waals surface area contributed by atoms with Crippen LogP contribution in [-0.2, 0) is 11.2 Å². The van der Waals surface area contributed by atoms with Crippen molar-refractivity contribution in [2.24, 2.45) is 11.8 Å². The molecule has 2 heterocycles. The molecule has 1 aromatic carbocycles. The standard InChI is InChI=1S/C21H26N4O/c26-21(18-7-3-1-4-8-18)24-13-11-17(12-14-24)15-20-23-22-16-25(20)19-9-5-2-6-10-19/h1-3,5-6,9-10,16-18H,4,7-8,11-15H2. The van der Waals surface area contributed by atoms with E-state index in [1.54, 1.807) is 6.33 Å². The Morgan fingerprint density at radius 2 is 1.88 bits per heavy atom. The van der Waals surface area contributed by atoms with Crippen molar-refractivity contribution in [3.05, 3.63) is 54.6 Å². The van der Waals surface area contributed by atoms with Crippen LogP contribution in [0.15, 0.2) is 48.8 Å². The lowest BCUT2D eigenvalue weighted by molar-refractivity contribution is -0.137. The van der Waals surface area contributed by atoms with Gasteiger partial charge in [-0.05, 0) is 50.2 Å². The Morgan fingerprint density at radius 1 is 1.08 bits per heavy atom. The molecule has 4 rings (SSSR count). The van der Waals surface area contributed by atoms with Crippen LogP contribution in [0.4, 0.5) is 0 Å². The minimum absolute atomic E-state index is 0.206. The molecule has 0 N–H and O–H groups in total. The van der Waals surface area contributed by atoms with Crippen molar-refractivity contribution in [1.82, 2.24) is 19.7 Å². The zero-order valence-corrected chi connectivity index (χ0v) is 15.1. The first kappa shape index (κ1) is 17.0. The van der Waals surface area contributed by atoms with Crippen molar-refractivity contribution in [3.8, 4) is 5.69 Å². The first-order valence-corrected chi connectivity index (χ1v) is 9.69. The normalized spacial score (nSPS) is 21.1. The molecular formula is C21H26N4O. The summed E-state index contributed by atoms with van der Waals surface area (Å²) in [5.74, 6) is 2.15. The summed E-state index contributed by atoms with van der Waals surface area (Å²) in [6, 6.07) is 10.2. The van der Waals surface area contributed by atoms with Crippen molar-refractivity contribution in [2.75, 3.05) is 13.1 Å². The maximum Gasteiger partial charge on any atom is 0.226 e. The van der Waals surface area contributed by atoms with Crippen LogP contribution in [0.3, 0.4) is 0 Å². The fourth-order valence-electron chi connectivity index (χ4n) is 4.09. The van der Waals surface area contributed by atoms with Crippen molar-refractivity contribution in [2.45, 2.75) is 38.5 Å². The molecule has 1 aliphatic heterocycles. The summed E-state index contributed by atoms with van der Waals surface area (Å²) < 4.78 is 2.08. The van der Waals surface area contributed by atoms with Gasteiger partial charge in [0.05, 0.1) is 0 Å². The Labute approximate surface area is 154 Å². The van der Waals surface area contributed by atoms with Crippen LogP contribution in [-0.4, -0.2) is 38.7 Å². The largest absolute Gasteiger partial charge is 0.342 e. The fourth-order valence-corrected chi connectivity index (χ4v) is 4.09. The molecule has 0 spiro atoms. The second-order valence-electron chi connectivity index (χ2n) is 7.41. The summed E-state index contributed by atoms with van der Waals surface area (Å²) in [4.78, 5) is 14.8. The van der Waals surface area contributed by atoms with Gasteiger partial charge in [-0.2, -0.15) is 0 Å². The Hall–Kier alpha value is -2.43. The lowest BCUT2D eigenvalue weighted by atomic mass is 9.89. The predicted molar refractivity (Wildman–Crippen MR) is 101 cm³/mol. The number of benzene rings is 1. The summed E-state index contributed by atoms with van der Waals surface area (Å²) in [5.41, 5.74) is 1.10. The Morgan fingerprint density at radius 3 is 2.62 bits per heavy atom. The number of carbonyl (C=O) groups excluding carboxylic acids is 1. The van der Waals surface area contributed by atoms with E-state index >= 15 is 0 Å². The van der Waals surface area contributed by atoms with Gasteiger partial charge in [0.25, 0.3) is 0 Å². The predicted octanol–water partition coefficient (Wildman–Crippen LogP) is 3.40. The number of nitrogens with zero attached hydrogens (tertiary/aromatic N) is 4. The molecule has 1 saturated heterocycles. The van der Waals surface area contributed by atoms with Crippen LogP contribution in [0, 0.1) is 11.8 Å². The third kappa shape index (κ3) is 3.71. The van der Waals surface area contributed by atoms with Gasteiger partial charge >= 0.3 is 0 Å². The first-order chi connectivity index (χ1) is 12.8. The van der Waals surface area contributed by atoms with Crippen LogP contribution in [0.1, 0.15) is 37.9 Å². The van der Waals surface area contributed by atoms with E-state index in [1.165, 1.54) is 0 Å². The van der Waals surface area contributed by atoms with Gasteiger partial charge in [-0.3, -0.25) is 9.36 Å². The highest BCUT2D eigenvalue weighted by molar-refractivity contribution is 5.79. The van der Waals surface area contributed by atoms with Gasteiger partial charge in [-0.1, -0.05) is 30.4 Å². The summed E-state index contributed by atoms with van der Waals surface area (Å²) in [7, 11) is 0. The molecule has 1 fully saturated rings. The van der Waals surface area contributed by atoms with Crippen LogP contribution in [0.2, 0.25) is 0 Å². The molecule has 0 saturated carbocycles. The number of likely N-dealkylation sites (tertiary alicyclic amines) is 1. The molecular weight excluding hydrogens is 324 g/mol. The molecule has 2 aliphatic rings.